The van der Waals surface area contributed by atoms with E-state index < -0.39 is 24.5 Å². The van der Waals surface area contributed by atoms with Gasteiger partial charge in [-0.15, -0.1) is 0 Å². The van der Waals surface area contributed by atoms with Gasteiger partial charge in [-0.2, -0.15) is 14.0 Å². The molecule has 3 rings (SSSR count). The van der Waals surface area contributed by atoms with Gasteiger partial charge < -0.3 is 18.8 Å². The number of esters is 1. The minimum absolute atomic E-state index is 0.103. The van der Waals surface area contributed by atoms with Gasteiger partial charge in [0.15, 0.2) is 6.10 Å². The van der Waals surface area contributed by atoms with Crippen molar-refractivity contribution in [1.29, 1.82) is 5.26 Å². The molecule has 9 heteroatoms. The number of alkyl halides is 2. The van der Waals surface area contributed by atoms with Gasteiger partial charge in [-0.1, -0.05) is 0 Å². The first kappa shape index (κ1) is 27.1. The van der Waals surface area contributed by atoms with E-state index in [9.17, 15) is 23.6 Å². The van der Waals surface area contributed by atoms with Gasteiger partial charge in [-0.05, 0) is 93.9 Å². The molecule has 0 aliphatic carbocycles. The third-order valence-electron chi connectivity index (χ3n) is 5.53. The maximum absolute atomic E-state index is 12.7. The molecule has 1 unspecified atom stereocenters. The van der Waals surface area contributed by atoms with Crippen LogP contribution < -0.4 is 9.47 Å². The molecular weight excluding hydrogens is 482 g/mol. The number of benzene rings is 2. The fourth-order valence-electron chi connectivity index (χ4n) is 3.79. The van der Waals surface area contributed by atoms with Crippen LogP contribution in [0, 0.1) is 25.2 Å². The Morgan fingerprint density at radius 3 is 2.24 bits per heavy atom. The molecule has 0 aliphatic heterocycles. The van der Waals surface area contributed by atoms with Crippen LogP contribution in [0.1, 0.15) is 41.2 Å². The molecule has 37 heavy (non-hydrogen) atoms. The summed E-state index contributed by atoms with van der Waals surface area (Å²) in [5.41, 5.74) is 3.10. The molecule has 1 atom stereocenters. The number of ether oxygens (including phenoxy) is 3. The molecule has 0 saturated heterocycles. The maximum Gasteiger partial charge on any atom is 0.387 e. The lowest BCUT2D eigenvalue weighted by Gasteiger charge is -2.13. The highest BCUT2D eigenvalue weighted by Gasteiger charge is 2.23. The van der Waals surface area contributed by atoms with E-state index in [1.54, 1.807) is 0 Å². The molecule has 0 fully saturated rings. The molecule has 192 valence electrons. The van der Waals surface area contributed by atoms with Crippen LogP contribution in [0.2, 0.25) is 0 Å². The third kappa shape index (κ3) is 6.61. The predicted octanol–water partition coefficient (Wildman–Crippen LogP) is 5.82. The van der Waals surface area contributed by atoms with Crippen LogP contribution in [-0.2, 0) is 9.53 Å². The Morgan fingerprint density at radius 2 is 1.68 bits per heavy atom. The number of aryl methyl sites for hydroxylation is 1. The summed E-state index contributed by atoms with van der Waals surface area (Å²) < 4.78 is 41.6. The van der Waals surface area contributed by atoms with Crippen molar-refractivity contribution in [3.05, 3.63) is 82.7 Å². The maximum atomic E-state index is 12.7. The van der Waals surface area contributed by atoms with E-state index in [-0.39, 0.29) is 16.9 Å². The van der Waals surface area contributed by atoms with Gasteiger partial charge in [0, 0.05) is 22.6 Å². The molecule has 1 aromatic heterocycles. The molecule has 0 amide bonds. The minimum atomic E-state index is -2.98. The van der Waals surface area contributed by atoms with Gasteiger partial charge >= 0.3 is 12.6 Å². The van der Waals surface area contributed by atoms with Crippen molar-refractivity contribution >= 4 is 17.8 Å². The van der Waals surface area contributed by atoms with Crippen LogP contribution >= 0.6 is 0 Å². The minimum Gasteiger partial charge on any atom is -0.494 e. The lowest BCUT2D eigenvalue weighted by atomic mass is 10.1. The van der Waals surface area contributed by atoms with Gasteiger partial charge in [0.1, 0.15) is 23.1 Å². The van der Waals surface area contributed by atoms with Crippen LogP contribution in [0.5, 0.6) is 11.5 Å². The zero-order valence-electron chi connectivity index (χ0n) is 20.8. The van der Waals surface area contributed by atoms with Crippen molar-refractivity contribution in [2.24, 2.45) is 0 Å². The number of hydrogen-bond acceptors (Lipinski definition) is 6. The summed E-state index contributed by atoms with van der Waals surface area (Å²) in [5.74, 6) is -0.854. The second kappa shape index (κ2) is 12.0. The number of halogens is 2. The Kier molecular flexibility index (Phi) is 8.80. The van der Waals surface area contributed by atoms with Crippen LogP contribution in [0.15, 0.2) is 60.2 Å². The summed E-state index contributed by atoms with van der Waals surface area (Å²) in [5, 5.41) is 9.59. The number of hydrogen-bond donors (Lipinski definition) is 0. The van der Waals surface area contributed by atoms with Crippen LogP contribution in [0.4, 0.5) is 8.78 Å². The van der Waals surface area contributed by atoms with Crippen molar-refractivity contribution in [2.45, 2.75) is 40.4 Å². The third-order valence-corrected chi connectivity index (χ3v) is 5.53. The van der Waals surface area contributed by atoms with Crippen molar-refractivity contribution in [1.82, 2.24) is 4.57 Å². The van der Waals surface area contributed by atoms with E-state index in [0.717, 1.165) is 22.8 Å². The normalized spacial score (nSPS) is 12.1. The highest BCUT2D eigenvalue weighted by atomic mass is 19.3. The standard InChI is InChI=1S/C28H26F2N2O5/c1-5-35-24-12-8-23(9-13-24)32-17(2)14-21(18(32)3)15-22(16-31)27(34)36-19(4)26(33)20-6-10-25(11-7-20)37-28(29)30/h6-15,19,28H,5H2,1-4H3. The summed E-state index contributed by atoms with van der Waals surface area (Å²) in [6, 6.07) is 16.3. The van der Waals surface area contributed by atoms with Gasteiger partial charge in [-0.3, -0.25) is 4.79 Å². The average molecular weight is 509 g/mol. The Hall–Kier alpha value is -4.45. The number of aromatic nitrogens is 1. The Labute approximate surface area is 213 Å². The summed E-state index contributed by atoms with van der Waals surface area (Å²) in [4.78, 5) is 25.3. The molecule has 0 spiro atoms. The number of nitriles is 1. The second-order valence-corrected chi connectivity index (χ2v) is 8.07. The molecule has 0 aliphatic rings. The Morgan fingerprint density at radius 1 is 1.05 bits per heavy atom. The molecule has 2 aromatic carbocycles. The zero-order chi connectivity index (χ0) is 27.1. The molecule has 0 N–H and O–H groups in total. The molecule has 0 bridgehead atoms. The summed E-state index contributed by atoms with van der Waals surface area (Å²) in [6.07, 6.45) is 0.214. The van der Waals surface area contributed by atoms with Crippen molar-refractivity contribution in [2.75, 3.05) is 6.61 Å². The zero-order valence-corrected chi connectivity index (χ0v) is 20.8. The number of nitrogens with zero attached hydrogens (tertiary/aromatic N) is 2. The average Bonchev–Trinajstić information content (AvgIpc) is 3.15. The first-order valence-electron chi connectivity index (χ1n) is 11.5. The van der Waals surface area contributed by atoms with Gasteiger partial charge in [0.05, 0.1) is 6.61 Å². The second-order valence-electron chi connectivity index (χ2n) is 8.07. The van der Waals surface area contributed by atoms with Crippen LogP contribution in [-0.4, -0.2) is 35.6 Å². The first-order chi connectivity index (χ1) is 17.6. The topological polar surface area (TPSA) is 90.5 Å². The number of carbonyl (C=O) groups excluding carboxylic acids is 2. The number of rotatable bonds is 10. The van der Waals surface area contributed by atoms with Gasteiger partial charge in [0.2, 0.25) is 5.78 Å². The lowest BCUT2D eigenvalue weighted by molar-refractivity contribution is -0.141. The quantitative estimate of drug-likeness (QED) is 0.148. The molecular formula is C28H26F2N2O5. The highest BCUT2D eigenvalue weighted by Crippen LogP contribution is 2.25. The van der Waals surface area contributed by atoms with E-state index in [0.29, 0.717) is 12.2 Å². The van der Waals surface area contributed by atoms with E-state index >= 15 is 0 Å². The molecule has 7 nitrogen and oxygen atoms in total. The monoisotopic (exact) mass is 508 g/mol. The van der Waals surface area contributed by atoms with Crippen molar-refractivity contribution in [3.8, 4) is 23.3 Å². The number of ketones is 1. The van der Waals surface area contributed by atoms with Crippen LogP contribution in [0.25, 0.3) is 11.8 Å². The highest BCUT2D eigenvalue weighted by molar-refractivity contribution is 6.03. The fraction of sp³-hybridized carbons (Fsp3) is 0.250. The molecule has 1 heterocycles. The molecule has 0 radical (unpaired) electrons. The Bertz CT molecular complexity index is 1340. The SMILES string of the molecule is CCOc1ccc(-n2c(C)cc(C=C(C#N)C(=O)OC(C)C(=O)c3ccc(OC(F)F)cc3)c2C)cc1. The fourth-order valence-corrected chi connectivity index (χ4v) is 3.79. The molecule has 0 saturated carbocycles. The smallest absolute Gasteiger partial charge is 0.387 e. The number of carbonyl (C=O) groups is 2. The van der Waals surface area contributed by atoms with Gasteiger partial charge in [0.25, 0.3) is 0 Å². The lowest BCUT2D eigenvalue weighted by Crippen LogP contribution is -2.25. The van der Waals surface area contributed by atoms with Gasteiger partial charge in [-0.25, -0.2) is 4.79 Å². The van der Waals surface area contributed by atoms with E-state index in [4.69, 9.17) is 9.47 Å². The summed E-state index contributed by atoms with van der Waals surface area (Å²) in [7, 11) is 0. The predicted molar refractivity (Wildman–Crippen MR) is 133 cm³/mol. The Balaban J connectivity index is 1.76. The first-order valence-corrected chi connectivity index (χ1v) is 11.5. The van der Waals surface area contributed by atoms with Crippen LogP contribution in [0.3, 0.4) is 0 Å². The number of Topliss-reactive ketones (excluding diaryl/α,β-unsaturated/α-hetero) is 1. The largest absolute Gasteiger partial charge is 0.494 e. The van der Waals surface area contributed by atoms with E-state index in [2.05, 4.69) is 4.74 Å². The van der Waals surface area contributed by atoms with Crippen molar-refractivity contribution in [3.63, 3.8) is 0 Å². The summed E-state index contributed by atoms with van der Waals surface area (Å²) in [6.45, 7) is 4.63. The summed E-state index contributed by atoms with van der Waals surface area (Å²) >= 11 is 0. The van der Waals surface area contributed by atoms with E-state index in [1.807, 2.05) is 61.7 Å². The van der Waals surface area contributed by atoms with E-state index in [1.165, 1.54) is 37.3 Å². The molecule has 3 aromatic rings. The van der Waals surface area contributed by atoms with Crippen molar-refractivity contribution < 1.29 is 32.6 Å².